The van der Waals surface area contributed by atoms with Crippen LogP contribution in [0.3, 0.4) is 0 Å². The number of benzene rings is 1. The minimum Gasteiger partial charge on any atom is -0.396 e. The van der Waals surface area contributed by atoms with Crippen LogP contribution in [-0.4, -0.2) is 71.8 Å². The molecule has 0 aliphatic carbocycles. The van der Waals surface area contributed by atoms with Gasteiger partial charge in [-0.3, -0.25) is 9.80 Å². The summed E-state index contributed by atoms with van der Waals surface area (Å²) in [7, 11) is 0. The lowest BCUT2D eigenvalue weighted by molar-refractivity contribution is 0.127. The molecule has 0 saturated carbocycles. The van der Waals surface area contributed by atoms with E-state index in [4.69, 9.17) is 4.98 Å². The van der Waals surface area contributed by atoms with Crippen molar-refractivity contribution in [3.63, 3.8) is 0 Å². The van der Waals surface area contributed by atoms with Crippen molar-refractivity contribution in [2.45, 2.75) is 39.3 Å². The highest BCUT2D eigenvalue weighted by molar-refractivity contribution is 5.64. The minimum atomic E-state index is 0.337. The number of rotatable bonds is 6. The zero-order valence-electron chi connectivity index (χ0n) is 18.5. The number of aromatic nitrogens is 1. The van der Waals surface area contributed by atoms with Gasteiger partial charge < -0.3 is 10.0 Å². The van der Waals surface area contributed by atoms with E-state index in [1.807, 2.05) is 6.20 Å². The Hall–Kier alpha value is -1.95. The molecule has 2 saturated heterocycles. The van der Waals surface area contributed by atoms with E-state index in [0.717, 1.165) is 64.5 Å². The molecule has 2 aliphatic rings. The highest BCUT2D eigenvalue weighted by Gasteiger charge is 2.20. The second-order valence-corrected chi connectivity index (χ2v) is 9.12. The number of anilines is 1. The van der Waals surface area contributed by atoms with Crippen LogP contribution in [0.5, 0.6) is 0 Å². The number of hydrogen-bond acceptors (Lipinski definition) is 5. The molecule has 0 unspecified atom stereocenters. The van der Waals surface area contributed by atoms with Crippen LogP contribution < -0.4 is 4.90 Å². The average molecular weight is 409 g/mol. The lowest BCUT2D eigenvalue weighted by Gasteiger charge is -2.37. The SMILES string of the molecule is CC(C)N1CCN(c2ccc(-c3ccc(CN4CCC(CO)CC4)cc3)cn2)CC1. The first kappa shape index (κ1) is 21.3. The molecule has 3 heterocycles. The normalized spacial score (nSPS) is 19.5. The average Bonchev–Trinajstić information content (AvgIpc) is 2.80. The topological polar surface area (TPSA) is 42.8 Å². The zero-order chi connectivity index (χ0) is 20.9. The van der Waals surface area contributed by atoms with Crippen molar-refractivity contribution in [1.82, 2.24) is 14.8 Å². The molecule has 1 aromatic carbocycles. The van der Waals surface area contributed by atoms with E-state index in [2.05, 4.69) is 64.9 Å². The Bertz CT molecular complexity index is 774. The van der Waals surface area contributed by atoms with E-state index < -0.39 is 0 Å². The van der Waals surface area contributed by atoms with Crippen LogP contribution in [0.2, 0.25) is 0 Å². The van der Waals surface area contributed by atoms with Crippen LogP contribution >= 0.6 is 0 Å². The Balaban J connectivity index is 1.32. The molecule has 0 amide bonds. The molecule has 0 radical (unpaired) electrons. The fraction of sp³-hybridized carbons (Fsp3) is 0.560. The van der Waals surface area contributed by atoms with Crippen molar-refractivity contribution in [1.29, 1.82) is 0 Å². The molecule has 5 heteroatoms. The second kappa shape index (κ2) is 9.90. The second-order valence-electron chi connectivity index (χ2n) is 9.12. The van der Waals surface area contributed by atoms with Gasteiger partial charge in [0.05, 0.1) is 0 Å². The van der Waals surface area contributed by atoms with Gasteiger partial charge in [0.25, 0.3) is 0 Å². The summed E-state index contributed by atoms with van der Waals surface area (Å²) in [5, 5.41) is 9.30. The summed E-state index contributed by atoms with van der Waals surface area (Å²) in [6, 6.07) is 13.9. The molecule has 4 rings (SSSR count). The molecule has 0 bridgehead atoms. The van der Waals surface area contributed by atoms with Gasteiger partial charge >= 0.3 is 0 Å². The fourth-order valence-corrected chi connectivity index (χ4v) is 4.60. The Morgan fingerprint density at radius 3 is 2.13 bits per heavy atom. The van der Waals surface area contributed by atoms with E-state index in [-0.39, 0.29) is 0 Å². The largest absolute Gasteiger partial charge is 0.396 e. The van der Waals surface area contributed by atoms with Gasteiger partial charge in [-0.25, -0.2) is 4.98 Å². The van der Waals surface area contributed by atoms with Crippen LogP contribution in [-0.2, 0) is 6.54 Å². The highest BCUT2D eigenvalue weighted by atomic mass is 16.3. The van der Waals surface area contributed by atoms with E-state index in [1.165, 1.54) is 16.7 Å². The van der Waals surface area contributed by atoms with Crippen molar-refractivity contribution >= 4 is 5.82 Å². The molecule has 30 heavy (non-hydrogen) atoms. The summed E-state index contributed by atoms with van der Waals surface area (Å²) in [5.41, 5.74) is 3.75. The third-order valence-corrected chi connectivity index (χ3v) is 6.78. The van der Waals surface area contributed by atoms with Gasteiger partial charge in [0.2, 0.25) is 0 Å². The summed E-state index contributed by atoms with van der Waals surface area (Å²) in [5.74, 6) is 1.59. The summed E-state index contributed by atoms with van der Waals surface area (Å²) in [4.78, 5) is 12.2. The number of aliphatic hydroxyl groups is 1. The maximum absolute atomic E-state index is 9.30. The number of piperidine rings is 1. The van der Waals surface area contributed by atoms with E-state index in [9.17, 15) is 5.11 Å². The first-order valence-corrected chi connectivity index (χ1v) is 11.5. The number of likely N-dealkylation sites (tertiary alicyclic amines) is 1. The lowest BCUT2D eigenvalue weighted by atomic mass is 9.97. The molecule has 0 spiro atoms. The lowest BCUT2D eigenvalue weighted by Crippen LogP contribution is -2.49. The molecule has 162 valence electrons. The Morgan fingerprint density at radius 2 is 1.57 bits per heavy atom. The monoisotopic (exact) mass is 408 g/mol. The van der Waals surface area contributed by atoms with Crippen LogP contribution in [0.15, 0.2) is 42.6 Å². The maximum Gasteiger partial charge on any atom is 0.128 e. The maximum atomic E-state index is 9.30. The van der Waals surface area contributed by atoms with Crippen LogP contribution in [0, 0.1) is 5.92 Å². The molecule has 1 N–H and O–H groups in total. The van der Waals surface area contributed by atoms with Gasteiger partial charge in [-0.05, 0) is 69.0 Å². The van der Waals surface area contributed by atoms with Crippen LogP contribution in [0.4, 0.5) is 5.82 Å². The molecular formula is C25H36N4O. The molecule has 2 aromatic rings. The third-order valence-electron chi connectivity index (χ3n) is 6.78. The Morgan fingerprint density at radius 1 is 0.900 bits per heavy atom. The van der Waals surface area contributed by atoms with Gasteiger partial charge in [-0.15, -0.1) is 0 Å². The van der Waals surface area contributed by atoms with E-state index in [1.54, 1.807) is 0 Å². The van der Waals surface area contributed by atoms with Crippen molar-refractivity contribution in [3.05, 3.63) is 48.2 Å². The smallest absolute Gasteiger partial charge is 0.128 e. The summed E-state index contributed by atoms with van der Waals surface area (Å²) in [6.07, 6.45) is 4.23. The zero-order valence-corrected chi connectivity index (χ0v) is 18.5. The molecule has 1 aromatic heterocycles. The number of hydrogen-bond donors (Lipinski definition) is 1. The van der Waals surface area contributed by atoms with E-state index in [0.29, 0.717) is 18.6 Å². The number of aliphatic hydroxyl groups excluding tert-OH is 1. The number of piperazine rings is 1. The molecule has 2 aliphatic heterocycles. The predicted octanol–water partition coefficient (Wildman–Crippen LogP) is 3.48. The van der Waals surface area contributed by atoms with Crippen LogP contribution in [0.25, 0.3) is 11.1 Å². The standard InChI is InChI=1S/C25H36N4O/c1-20(2)28-13-15-29(16-14-28)25-8-7-24(17-26-25)23-5-3-21(4-6-23)18-27-11-9-22(19-30)10-12-27/h3-8,17,20,22,30H,9-16,18-19H2,1-2H3. The molecule has 2 fully saturated rings. The van der Waals surface area contributed by atoms with E-state index >= 15 is 0 Å². The minimum absolute atomic E-state index is 0.337. The van der Waals surface area contributed by atoms with Gasteiger partial charge in [0, 0.05) is 57.1 Å². The third kappa shape index (κ3) is 5.20. The van der Waals surface area contributed by atoms with Gasteiger partial charge in [0.15, 0.2) is 0 Å². The summed E-state index contributed by atoms with van der Waals surface area (Å²) >= 11 is 0. The van der Waals surface area contributed by atoms with Crippen molar-refractivity contribution in [2.24, 2.45) is 5.92 Å². The molecule has 5 nitrogen and oxygen atoms in total. The van der Waals surface area contributed by atoms with Gasteiger partial charge in [-0.2, -0.15) is 0 Å². The van der Waals surface area contributed by atoms with Crippen molar-refractivity contribution in [3.8, 4) is 11.1 Å². The molecular weight excluding hydrogens is 372 g/mol. The van der Waals surface area contributed by atoms with Gasteiger partial charge in [0.1, 0.15) is 5.82 Å². The Kier molecular flexibility index (Phi) is 7.03. The fourth-order valence-electron chi connectivity index (χ4n) is 4.60. The predicted molar refractivity (Wildman–Crippen MR) is 124 cm³/mol. The van der Waals surface area contributed by atoms with Crippen molar-refractivity contribution < 1.29 is 5.11 Å². The summed E-state index contributed by atoms with van der Waals surface area (Å²) < 4.78 is 0. The number of pyridine rings is 1. The highest BCUT2D eigenvalue weighted by Crippen LogP contribution is 2.24. The number of nitrogens with zero attached hydrogens (tertiary/aromatic N) is 4. The summed E-state index contributed by atoms with van der Waals surface area (Å²) in [6.45, 7) is 12.4. The first-order valence-electron chi connectivity index (χ1n) is 11.5. The van der Waals surface area contributed by atoms with Crippen LogP contribution in [0.1, 0.15) is 32.3 Å². The first-order chi connectivity index (χ1) is 14.6. The quantitative estimate of drug-likeness (QED) is 0.793. The molecule has 0 atom stereocenters. The Labute approximate surface area is 181 Å². The van der Waals surface area contributed by atoms with Crippen molar-refractivity contribution in [2.75, 3.05) is 50.8 Å². The van der Waals surface area contributed by atoms with Gasteiger partial charge in [-0.1, -0.05) is 24.3 Å².